The molecule has 2 N–H and O–H groups in total. The van der Waals surface area contributed by atoms with Crippen molar-refractivity contribution < 1.29 is 17.9 Å². The average Bonchev–Trinajstić information content (AvgIpc) is 2.86. The van der Waals surface area contributed by atoms with E-state index in [2.05, 4.69) is 0 Å². The van der Waals surface area contributed by atoms with Crippen LogP contribution in [0.15, 0.2) is 11.4 Å². The minimum Gasteiger partial charge on any atom is -0.496 e. The molecule has 1 atom stereocenters. The summed E-state index contributed by atoms with van der Waals surface area (Å²) in [5.41, 5.74) is 0. The smallest absolute Gasteiger partial charge is 0.264 e. The molecule has 106 valence electrons. The third-order valence-corrected chi connectivity index (χ3v) is 5.36. The average molecular weight is 304 g/mol. The molecule has 1 aliphatic rings. The van der Waals surface area contributed by atoms with E-state index in [4.69, 9.17) is 9.88 Å². The standard InChI is InChI=1S/C11H16N2O4S2/c1-17-8-5-10(18-7-8)11(14)13-4-2-3-9(6-13)19(12,15)16/h5,7,9H,2-4,6H2,1H3,(H2,12,15,16). The SMILES string of the molecule is COc1csc(C(=O)N2CCCC(S(N)(=O)=O)C2)c1. The molecule has 2 rings (SSSR count). The van der Waals surface area contributed by atoms with Crippen LogP contribution in [0.4, 0.5) is 0 Å². The molecule has 1 fully saturated rings. The Balaban J connectivity index is 2.11. The molecule has 0 bridgehead atoms. The van der Waals surface area contributed by atoms with Gasteiger partial charge in [0.15, 0.2) is 0 Å². The molecule has 6 nitrogen and oxygen atoms in total. The van der Waals surface area contributed by atoms with Crippen LogP contribution in [0.5, 0.6) is 5.75 Å². The summed E-state index contributed by atoms with van der Waals surface area (Å²) < 4.78 is 27.8. The summed E-state index contributed by atoms with van der Waals surface area (Å²) in [6, 6.07) is 1.66. The number of hydrogen-bond acceptors (Lipinski definition) is 5. The van der Waals surface area contributed by atoms with Gasteiger partial charge in [0, 0.05) is 24.5 Å². The fourth-order valence-electron chi connectivity index (χ4n) is 2.08. The summed E-state index contributed by atoms with van der Waals surface area (Å²) in [5, 5.41) is 6.24. The van der Waals surface area contributed by atoms with E-state index in [0.717, 1.165) is 0 Å². The Kier molecular flexibility index (Phi) is 4.12. The monoisotopic (exact) mass is 304 g/mol. The molecular weight excluding hydrogens is 288 g/mol. The van der Waals surface area contributed by atoms with Crippen LogP contribution in [-0.4, -0.2) is 44.7 Å². The molecule has 0 aromatic carbocycles. The maximum atomic E-state index is 12.2. The number of thiophene rings is 1. The van der Waals surface area contributed by atoms with Crippen LogP contribution in [0.3, 0.4) is 0 Å². The van der Waals surface area contributed by atoms with Crippen molar-refractivity contribution in [3.05, 3.63) is 16.3 Å². The van der Waals surface area contributed by atoms with E-state index in [0.29, 0.717) is 30.0 Å². The first-order chi connectivity index (χ1) is 8.91. The number of amides is 1. The molecule has 0 radical (unpaired) electrons. The van der Waals surface area contributed by atoms with Crippen molar-refractivity contribution in [1.82, 2.24) is 4.90 Å². The van der Waals surface area contributed by atoms with E-state index in [-0.39, 0.29) is 12.5 Å². The van der Waals surface area contributed by atoms with E-state index in [9.17, 15) is 13.2 Å². The molecule has 1 aliphatic heterocycles. The van der Waals surface area contributed by atoms with Gasteiger partial charge in [0.05, 0.1) is 17.2 Å². The number of primary sulfonamides is 1. The predicted octanol–water partition coefficient (Wildman–Crippen LogP) is 0.650. The number of methoxy groups -OCH3 is 1. The van der Waals surface area contributed by atoms with Crippen LogP contribution < -0.4 is 9.88 Å². The van der Waals surface area contributed by atoms with Crippen molar-refractivity contribution in [2.24, 2.45) is 5.14 Å². The number of rotatable bonds is 3. The van der Waals surface area contributed by atoms with Crippen molar-refractivity contribution in [1.29, 1.82) is 0 Å². The van der Waals surface area contributed by atoms with Gasteiger partial charge in [0.25, 0.3) is 5.91 Å². The van der Waals surface area contributed by atoms with Crippen LogP contribution >= 0.6 is 11.3 Å². The van der Waals surface area contributed by atoms with E-state index >= 15 is 0 Å². The number of ether oxygens (including phenoxy) is 1. The molecule has 0 spiro atoms. The molecule has 8 heteroatoms. The topological polar surface area (TPSA) is 89.7 Å². The zero-order chi connectivity index (χ0) is 14.0. The fraction of sp³-hybridized carbons (Fsp3) is 0.545. The zero-order valence-electron chi connectivity index (χ0n) is 10.5. The Bertz CT molecular complexity index is 567. The molecule has 1 unspecified atom stereocenters. The number of nitrogens with two attached hydrogens (primary N) is 1. The summed E-state index contributed by atoms with van der Waals surface area (Å²) in [6.45, 7) is 0.725. The number of hydrogen-bond donors (Lipinski definition) is 1. The van der Waals surface area contributed by atoms with E-state index in [1.165, 1.54) is 18.4 Å². The Morgan fingerprint density at radius 1 is 1.58 bits per heavy atom. The molecule has 1 aromatic rings. The van der Waals surface area contributed by atoms with Gasteiger partial charge in [-0.3, -0.25) is 4.79 Å². The highest BCUT2D eigenvalue weighted by molar-refractivity contribution is 7.89. The normalized spacial score (nSPS) is 20.3. The van der Waals surface area contributed by atoms with Gasteiger partial charge in [-0.1, -0.05) is 0 Å². The van der Waals surface area contributed by atoms with Crippen LogP contribution in [0.2, 0.25) is 0 Å². The lowest BCUT2D eigenvalue weighted by Gasteiger charge is -2.31. The van der Waals surface area contributed by atoms with Crippen molar-refractivity contribution in [2.75, 3.05) is 20.2 Å². The minimum absolute atomic E-state index is 0.165. The first-order valence-electron chi connectivity index (χ1n) is 5.85. The molecule has 1 aromatic heterocycles. The Morgan fingerprint density at radius 2 is 2.32 bits per heavy atom. The Hall–Kier alpha value is -1.12. The van der Waals surface area contributed by atoms with Gasteiger partial charge < -0.3 is 9.64 Å². The number of piperidine rings is 1. The molecule has 19 heavy (non-hydrogen) atoms. The summed E-state index contributed by atoms with van der Waals surface area (Å²) in [7, 11) is -2.05. The largest absolute Gasteiger partial charge is 0.496 e. The summed E-state index contributed by atoms with van der Waals surface area (Å²) in [6.07, 6.45) is 1.16. The van der Waals surface area contributed by atoms with Gasteiger partial charge in [0.2, 0.25) is 10.0 Å². The minimum atomic E-state index is -3.59. The first kappa shape index (κ1) is 14.3. The maximum absolute atomic E-state index is 12.2. The quantitative estimate of drug-likeness (QED) is 0.888. The number of carbonyl (C=O) groups is 1. The molecule has 0 aliphatic carbocycles. The highest BCUT2D eigenvalue weighted by Gasteiger charge is 2.31. The Labute approximate surface area is 116 Å². The van der Waals surface area contributed by atoms with E-state index in [1.54, 1.807) is 16.3 Å². The van der Waals surface area contributed by atoms with Crippen molar-refractivity contribution in [3.8, 4) is 5.75 Å². The lowest BCUT2D eigenvalue weighted by Crippen LogP contribution is -2.46. The lowest BCUT2D eigenvalue weighted by molar-refractivity contribution is 0.0731. The number of sulfonamides is 1. The van der Waals surface area contributed by atoms with Crippen LogP contribution in [-0.2, 0) is 10.0 Å². The second kappa shape index (κ2) is 5.48. The van der Waals surface area contributed by atoms with Crippen LogP contribution in [0.1, 0.15) is 22.5 Å². The first-order valence-corrected chi connectivity index (χ1v) is 8.34. The maximum Gasteiger partial charge on any atom is 0.264 e. The highest BCUT2D eigenvalue weighted by Crippen LogP contribution is 2.24. The summed E-state index contributed by atoms with van der Waals surface area (Å²) >= 11 is 1.29. The fourth-order valence-corrected chi connectivity index (χ4v) is 3.79. The van der Waals surface area contributed by atoms with Gasteiger partial charge in [-0.25, -0.2) is 13.6 Å². The molecule has 2 heterocycles. The predicted molar refractivity (Wildman–Crippen MR) is 72.9 cm³/mol. The van der Waals surface area contributed by atoms with Crippen LogP contribution in [0.25, 0.3) is 0 Å². The molecule has 1 saturated heterocycles. The van der Waals surface area contributed by atoms with Crippen molar-refractivity contribution in [2.45, 2.75) is 18.1 Å². The van der Waals surface area contributed by atoms with Gasteiger partial charge >= 0.3 is 0 Å². The zero-order valence-corrected chi connectivity index (χ0v) is 12.2. The molecular formula is C11H16N2O4S2. The third kappa shape index (κ3) is 3.26. The summed E-state index contributed by atoms with van der Waals surface area (Å²) in [5.74, 6) is 0.468. The number of carbonyl (C=O) groups excluding carboxylic acids is 1. The van der Waals surface area contributed by atoms with Gasteiger partial charge in [-0.05, 0) is 12.8 Å². The number of likely N-dealkylation sites (tertiary alicyclic amines) is 1. The van der Waals surface area contributed by atoms with Gasteiger partial charge in [0.1, 0.15) is 5.75 Å². The Morgan fingerprint density at radius 3 is 2.89 bits per heavy atom. The van der Waals surface area contributed by atoms with Crippen molar-refractivity contribution >= 4 is 27.3 Å². The third-order valence-electron chi connectivity index (χ3n) is 3.15. The van der Waals surface area contributed by atoms with E-state index < -0.39 is 15.3 Å². The lowest BCUT2D eigenvalue weighted by atomic mass is 10.1. The summed E-state index contributed by atoms with van der Waals surface area (Å²) in [4.78, 5) is 14.3. The van der Waals surface area contributed by atoms with E-state index in [1.807, 2.05) is 0 Å². The second-order valence-electron chi connectivity index (χ2n) is 4.46. The van der Waals surface area contributed by atoms with Crippen molar-refractivity contribution in [3.63, 3.8) is 0 Å². The molecule has 0 saturated carbocycles. The molecule has 1 amide bonds. The second-order valence-corrected chi connectivity index (χ2v) is 7.21. The number of nitrogens with zero attached hydrogens (tertiary/aromatic N) is 1. The van der Waals surface area contributed by atoms with Gasteiger partial charge in [-0.15, -0.1) is 11.3 Å². The highest BCUT2D eigenvalue weighted by atomic mass is 32.2. The van der Waals surface area contributed by atoms with Gasteiger partial charge in [-0.2, -0.15) is 0 Å². The van der Waals surface area contributed by atoms with Crippen LogP contribution in [0, 0.1) is 0 Å².